The smallest absolute Gasteiger partial charge is 0.434 e. The molecule has 3 nitrogen and oxygen atoms in total. The number of unbranched alkanes of at least 4 members (excludes halogenated alkanes) is 3. The molecular formula is C19H30F3NO2S. The number of rotatable bonds is 8. The third-order valence-electron chi connectivity index (χ3n) is 2.88. The molecule has 0 amide bonds. The molecule has 0 unspecified atom stereocenters. The minimum atomic E-state index is -4.64. The van der Waals surface area contributed by atoms with Crippen LogP contribution in [0.3, 0.4) is 0 Å². The van der Waals surface area contributed by atoms with Crippen LogP contribution in [-0.4, -0.2) is 29.0 Å². The number of hydrogen-bond acceptors (Lipinski definition) is 2. The molecule has 0 radical (unpaired) electrons. The van der Waals surface area contributed by atoms with Gasteiger partial charge in [-0.2, -0.15) is 17.6 Å². The van der Waals surface area contributed by atoms with E-state index >= 15 is 0 Å². The quantitative estimate of drug-likeness (QED) is 0.404. The summed E-state index contributed by atoms with van der Waals surface area (Å²) in [5, 5.41) is 0. The molecule has 0 saturated carbocycles. The second-order valence-electron chi connectivity index (χ2n) is 6.53. The van der Waals surface area contributed by atoms with Crippen molar-refractivity contribution in [3.63, 3.8) is 0 Å². The molecule has 26 heavy (non-hydrogen) atoms. The predicted octanol–water partition coefficient (Wildman–Crippen LogP) is 5.95. The number of ether oxygens (including phenoxy) is 1. The van der Waals surface area contributed by atoms with Gasteiger partial charge in [-0.15, -0.1) is 0 Å². The standard InChI is InChI=1S/C15H20F3NO2S.C4H10/c1-3-4-5-6-11-21-13-9-7-12(8-10-13)14(15(16,17)18)19-22(2)20;1-4(2)3/h7-10H,3-6,11H2,1-2H3;4H,1-3H3/t22-;/m0./s1. The molecule has 0 heterocycles. The van der Waals surface area contributed by atoms with Crippen LogP contribution in [0.25, 0.3) is 0 Å². The van der Waals surface area contributed by atoms with Crippen molar-refractivity contribution < 1.29 is 22.1 Å². The maximum absolute atomic E-state index is 12.9. The van der Waals surface area contributed by atoms with Gasteiger partial charge in [0.1, 0.15) is 16.7 Å². The van der Waals surface area contributed by atoms with Crippen molar-refractivity contribution in [1.82, 2.24) is 0 Å². The molecule has 1 aromatic rings. The molecule has 1 aromatic carbocycles. The molecule has 0 fully saturated rings. The van der Waals surface area contributed by atoms with Crippen LogP contribution in [0.4, 0.5) is 13.2 Å². The van der Waals surface area contributed by atoms with Gasteiger partial charge in [0, 0.05) is 11.8 Å². The van der Waals surface area contributed by atoms with Gasteiger partial charge >= 0.3 is 6.18 Å². The fraction of sp³-hybridized carbons (Fsp3) is 0.632. The van der Waals surface area contributed by atoms with Crippen LogP contribution in [0.15, 0.2) is 28.7 Å². The molecule has 0 bridgehead atoms. The van der Waals surface area contributed by atoms with E-state index in [9.17, 15) is 17.4 Å². The van der Waals surface area contributed by atoms with Gasteiger partial charge in [0.2, 0.25) is 0 Å². The maximum Gasteiger partial charge on any atom is 0.434 e. The first kappa shape index (κ1) is 24.6. The van der Waals surface area contributed by atoms with Crippen molar-refractivity contribution in [2.75, 3.05) is 12.9 Å². The third-order valence-corrected chi connectivity index (χ3v) is 3.32. The summed E-state index contributed by atoms with van der Waals surface area (Å²) < 4.78 is 58.3. The lowest BCUT2D eigenvalue weighted by Crippen LogP contribution is -2.24. The second kappa shape index (κ2) is 12.9. The van der Waals surface area contributed by atoms with Crippen molar-refractivity contribution >= 4 is 16.7 Å². The molecule has 7 heteroatoms. The van der Waals surface area contributed by atoms with E-state index in [2.05, 4.69) is 32.1 Å². The summed E-state index contributed by atoms with van der Waals surface area (Å²) in [5.41, 5.74) is -1.26. The molecule has 0 aliphatic rings. The lowest BCUT2D eigenvalue weighted by molar-refractivity contribution is -0.0578. The highest BCUT2D eigenvalue weighted by Crippen LogP contribution is 2.24. The van der Waals surface area contributed by atoms with Crippen LogP contribution in [0.2, 0.25) is 0 Å². The van der Waals surface area contributed by atoms with Gasteiger partial charge in [0.05, 0.1) is 6.61 Å². The number of hydrogen-bond donors (Lipinski definition) is 0. The zero-order valence-corrected chi connectivity index (χ0v) is 17.0. The molecule has 0 aromatic heterocycles. The fourth-order valence-corrected chi connectivity index (χ4v) is 2.29. The lowest BCUT2D eigenvalue weighted by Gasteiger charge is -2.11. The first-order valence-electron chi connectivity index (χ1n) is 8.80. The van der Waals surface area contributed by atoms with Crippen molar-refractivity contribution in [2.24, 2.45) is 10.3 Å². The topological polar surface area (TPSA) is 38.7 Å². The van der Waals surface area contributed by atoms with Gasteiger partial charge in [-0.25, -0.2) is 4.21 Å². The van der Waals surface area contributed by atoms with Crippen molar-refractivity contribution in [3.8, 4) is 5.75 Å². The highest BCUT2D eigenvalue weighted by Gasteiger charge is 2.37. The Morgan fingerprint density at radius 2 is 1.65 bits per heavy atom. The van der Waals surface area contributed by atoms with E-state index in [1.54, 1.807) is 0 Å². The van der Waals surface area contributed by atoms with Crippen LogP contribution in [0.1, 0.15) is 58.9 Å². The Morgan fingerprint density at radius 3 is 2.08 bits per heavy atom. The van der Waals surface area contributed by atoms with Crippen LogP contribution in [0, 0.1) is 5.92 Å². The Bertz CT molecular complexity index is 552. The molecule has 1 atom stereocenters. The minimum absolute atomic E-state index is 0.124. The first-order valence-corrected chi connectivity index (χ1v) is 10.3. The molecule has 1 rings (SSSR count). The fourth-order valence-electron chi connectivity index (χ4n) is 1.82. The van der Waals surface area contributed by atoms with Crippen molar-refractivity contribution in [2.45, 2.75) is 59.6 Å². The Labute approximate surface area is 157 Å². The summed E-state index contributed by atoms with van der Waals surface area (Å²) in [4.78, 5) is 0. The van der Waals surface area contributed by atoms with E-state index in [0.717, 1.165) is 37.9 Å². The zero-order valence-electron chi connectivity index (χ0n) is 16.2. The van der Waals surface area contributed by atoms with Gasteiger partial charge in [0.25, 0.3) is 0 Å². The second-order valence-corrected chi connectivity index (χ2v) is 7.56. The van der Waals surface area contributed by atoms with Crippen LogP contribution < -0.4 is 4.74 Å². The Hall–Kier alpha value is -1.37. The minimum Gasteiger partial charge on any atom is -0.494 e. The highest BCUT2D eigenvalue weighted by atomic mass is 32.2. The summed E-state index contributed by atoms with van der Waals surface area (Å²) in [6.07, 6.45) is 0.712. The SMILES string of the molecule is CC(C)C.CCCCCCOc1ccc(C(=N[S@](C)=O)C(F)(F)F)cc1. The summed E-state index contributed by atoms with van der Waals surface area (Å²) in [7, 11) is -1.92. The average molecular weight is 394 g/mol. The summed E-state index contributed by atoms with van der Waals surface area (Å²) >= 11 is 0. The maximum atomic E-state index is 12.9. The molecule has 150 valence electrons. The summed E-state index contributed by atoms with van der Waals surface area (Å²) in [6.45, 7) is 9.15. The highest BCUT2D eigenvalue weighted by molar-refractivity contribution is 7.83. The monoisotopic (exact) mass is 393 g/mol. The van der Waals surface area contributed by atoms with Gasteiger partial charge in [0.15, 0.2) is 5.71 Å². The van der Waals surface area contributed by atoms with E-state index < -0.39 is 22.9 Å². The van der Waals surface area contributed by atoms with E-state index in [-0.39, 0.29) is 5.56 Å². The van der Waals surface area contributed by atoms with E-state index in [1.807, 2.05) is 0 Å². The average Bonchev–Trinajstić information content (AvgIpc) is 2.51. The van der Waals surface area contributed by atoms with E-state index in [0.29, 0.717) is 12.4 Å². The number of benzene rings is 1. The molecule has 0 aliphatic heterocycles. The molecular weight excluding hydrogens is 363 g/mol. The van der Waals surface area contributed by atoms with Crippen molar-refractivity contribution in [3.05, 3.63) is 29.8 Å². The molecule has 0 saturated heterocycles. The molecule has 0 N–H and O–H groups in total. The molecule has 0 aliphatic carbocycles. The number of halogens is 3. The predicted molar refractivity (Wildman–Crippen MR) is 103 cm³/mol. The Balaban J connectivity index is 0.00000141. The zero-order chi connectivity index (χ0) is 20.2. The van der Waals surface area contributed by atoms with Gasteiger partial charge in [-0.1, -0.05) is 47.0 Å². The van der Waals surface area contributed by atoms with Gasteiger partial charge < -0.3 is 4.74 Å². The summed E-state index contributed by atoms with van der Waals surface area (Å²) in [6, 6.07) is 5.49. The Morgan fingerprint density at radius 1 is 1.12 bits per heavy atom. The largest absolute Gasteiger partial charge is 0.494 e. The van der Waals surface area contributed by atoms with Crippen LogP contribution in [0.5, 0.6) is 5.75 Å². The third kappa shape index (κ3) is 12.1. The van der Waals surface area contributed by atoms with Crippen molar-refractivity contribution in [1.29, 1.82) is 0 Å². The normalized spacial score (nSPS) is 13.2. The first-order chi connectivity index (χ1) is 12.1. The van der Waals surface area contributed by atoms with Gasteiger partial charge in [-0.05, 0) is 36.6 Å². The number of alkyl halides is 3. The van der Waals surface area contributed by atoms with Crippen LogP contribution >= 0.6 is 0 Å². The summed E-state index contributed by atoms with van der Waals surface area (Å²) in [5.74, 6) is 1.35. The number of nitrogens with zero attached hydrogens (tertiary/aromatic N) is 1. The lowest BCUT2D eigenvalue weighted by atomic mass is 10.1. The molecule has 0 spiro atoms. The van der Waals surface area contributed by atoms with E-state index in [4.69, 9.17) is 4.74 Å². The van der Waals surface area contributed by atoms with Gasteiger partial charge in [-0.3, -0.25) is 0 Å². The van der Waals surface area contributed by atoms with E-state index in [1.165, 1.54) is 24.3 Å². The Kier molecular flexibility index (Phi) is 12.2. The van der Waals surface area contributed by atoms with Crippen LogP contribution in [-0.2, 0) is 11.0 Å².